The molecule has 0 aliphatic rings. The van der Waals surface area contributed by atoms with Crippen molar-refractivity contribution in [2.75, 3.05) is 14.2 Å². The average Bonchev–Trinajstić information content (AvgIpc) is 2.48. The molecule has 106 valence electrons. The summed E-state index contributed by atoms with van der Waals surface area (Å²) in [6.45, 7) is 1.72. The molecule has 0 aliphatic carbocycles. The Morgan fingerprint density at radius 1 is 1.10 bits per heavy atom. The molecule has 1 unspecified atom stereocenters. The third kappa shape index (κ3) is 2.60. The molecule has 2 aromatic carbocycles. The third-order valence-electron chi connectivity index (χ3n) is 3.31. The van der Waals surface area contributed by atoms with Gasteiger partial charge in [0.15, 0.2) is 11.5 Å². The van der Waals surface area contributed by atoms with E-state index in [1.807, 2.05) is 18.2 Å². The largest absolute Gasteiger partial charge is 0.493 e. The molecule has 2 N–H and O–H groups in total. The number of nitrogens with two attached hydrogens (primary N) is 1. The minimum absolute atomic E-state index is 0.237. The summed E-state index contributed by atoms with van der Waals surface area (Å²) in [6, 6.07) is 10.0. The van der Waals surface area contributed by atoms with Crippen molar-refractivity contribution in [1.29, 1.82) is 0 Å². The first-order chi connectivity index (χ1) is 9.58. The van der Waals surface area contributed by atoms with E-state index < -0.39 is 6.04 Å². The zero-order chi connectivity index (χ0) is 14.7. The molecule has 0 amide bonds. The highest BCUT2D eigenvalue weighted by atomic mass is 19.1. The average molecular weight is 275 g/mol. The van der Waals surface area contributed by atoms with Crippen LogP contribution in [0.4, 0.5) is 4.39 Å². The van der Waals surface area contributed by atoms with Crippen molar-refractivity contribution >= 4 is 0 Å². The van der Waals surface area contributed by atoms with E-state index in [9.17, 15) is 4.39 Å². The van der Waals surface area contributed by atoms with Crippen LogP contribution in [-0.2, 0) is 0 Å². The lowest BCUT2D eigenvalue weighted by Crippen LogP contribution is -2.14. The van der Waals surface area contributed by atoms with Gasteiger partial charge < -0.3 is 15.2 Å². The van der Waals surface area contributed by atoms with Crippen LogP contribution in [0.15, 0.2) is 36.4 Å². The smallest absolute Gasteiger partial charge is 0.165 e. The van der Waals surface area contributed by atoms with Crippen molar-refractivity contribution in [1.82, 2.24) is 0 Å². The summed E-state index contributed by atoms with van der Waals surface area (Å²) < 4.78 is 24.0. The van der Waals surface area contributed by atoms with Crippen LogP contribution in [0.3, 0.4) is 0 Å². The molecule has 4 heteroatoms. The Morgan fingerprint density at radius 3 is 2.45 bits per heavy atom. The van der Waals surface area contributed by atoms with E-state index in [1.165, 1.54) is 6.07 Å². The molecule has 1 atom stereocenters. The minimum atomic E-state index is -0.403. The van der Waals surface area contributed by atoms with Crippen LogP contribution in [0, 0.1) is 12.7 Å². The Bertz CT molecular complexity index is 613. The number of halogens is 1. The van der Waals surface area contributed by atoms with E-state index in [-0.39, 0.29) is 5.82 Å². The molecule has 0 spiro atoms. The predicted molar refractivity (Wildman–Crippen MR) is 76.7 cm³/mol. The van der Waals surface area contributed by atoms with Crippen LogP contribution in [0.25, 0.3) is 0 Å². The standard InChI is InChI=1S/C16H18FNO2/c1-10-9-11(7-8-13(10)17)15(18)12-5-4-6-14(19-2)16(12)20-3/h4-9,15H,18H2,1-3H3. The Kier molecular flexibility index (Phi) is 4.25. The highest BCUT2D eigenvalue weighted by Gasteiger charge is 2.18. The second-order valence-corrected chi connectivity index (χ2v) is 4.57. The van der Waals surface area contributed by atoms with Gasteiger partial charge in [-0.15, -0.1) is 0 Å². The Morgan fingerprint density at radius 2 is 1.85 bits per heavy atom. The van der Waals surface area contributed by atoms with Gasteiger partial charge in [-0.05, 0) is 30.2 Å². The molecule has 0 heterocycles. The molecule has 2 aromatic rings. The van der Waals surface area contributed by atoms with Gasteiger partial charge in [-0.3, -0.25) is 0 Å². The summed E-state index contributed by atoms with van der Waals surface area (Å²) in [5, 5.41) is 0. The Hall–Kier alpha value is -2.07. The number of hydrogen-bond acceptors (Lipinski definition) is 3. The van der Waals surface area contributed by atoms with E-state index in [1.54, 1.807) is 33.3 Å². The van der Waals surface area contributed by atoms with Crippen LogP contribution in [0.2, 0.25) is 0 Å². The van der Waals surface area contributed by atoms with Crippen LogP contribution >= 0.6 is 0 Å². The van der Waals surface area contributed by atoms with E-state index in [0.717, 1.165) is 11.1 Å². The van der Waals surface area contributed by atoms with E-state index in [0.29, 0.717) is 17.1 Å². The van der Waals surface area contributed by atoms with E-state index in [4.69, 9.17) is 15.2 Å². The summed E-state index contributed by atoms with van der Waals surface area (Å²) in [7, 11) is 3.15. The summed E-state index contributed by atoms with van der Waals surface area (Å²) in [5.41, 5.74) is 8.48. The van der Waals surface area contributed by atoms with Crippen molar-refractivity contribution in [3.63, 3.8) is 0 Å². The second kappa shape index (κ2) is 5.92. The summed E-state index contributed by atoms with van der Waals surface area (Å²) >= 11 is 0. The van der Waals surface area contributed by atoms with Crippen molar-refractivity contribution in [3.8, 4) is 11.5 Å². The highest BCUT2D eigenvalue weighted by molar-refractivity contribution is 5.50. The van der Waals surface area contributed by atoms with E-state index in [2.05, 4.69) is 0 Å². The Labute approximate surface area is 118 Å². The number of aryl methyl sites for hydroxylation is 1. The molecule has 2 rings (SSSR count). The molecular formula is C16H18FNO2. The van der Waals surface area contributed by atoms with E-state index >= 15 is 0 Å². The monoisotopic (exact) mass is 275 g/mol. The molecule has 0 fully saturated rings. The quantitative estimate of drug-likeness (QED) is 0.932. The summed E-state index contributed by atoms with van der Waals surface area (Å²) in [6.07, 6.45) is 0. The SMILES string of the molecule is COc1cccc(C(N)c2ccc(F)c(C)c2)c1OC. The molecule has 0 aliphatic heterocycles. The van der Waals surface area contributed by atoms with Gasteiger partial charge in [-0.1, -0.05) is 24.3 Å². The fraction of sp³-hybridized carbons (Fsp3) is 0.250. The van der Waals surface area contributed by atoms with Crippen molar-refractivity contribution in [3.05, 3.63) is 58.9 Å². The van der Waals surface area contributed by atoms with Gasteiger partial charge in [0.25, 0.3) is 0 Å². The maximum absolute atomic E-state index is 13.3. The molecule has 0 saturated heterocycles. The summed E-state index contributed by atoms with van der Waals surface area (Å²) in [4.78, 5) is 0. The first-order valence-electron chi connectivity index (χ1n) is 6.31. The van der Waals surface area contributed by atoms with Crippen LogP contribution in [0.1, 0.15) is 22.7 Å². The number of rotatable bonds is 4. The van der Waals surface area contributed by atoms with Gasteiger partial charge in [0.05, 0.1) is 20.3 Å². The van der Waals surface area contributed by atoms with Crippen LogP contribution in [-0.4, -0.2) is 14.2 Å². The first kappa shape index (κ1) is 14.3. The molecule has 3 nitrogen and oxygen atoms in total. The minimum Gasteiger partial charge on any atom is -0.493 e. The zero-order valence-electron chi connectivity index (χ0n) is 11.8. The highest BCUT2D eigenvalue weighted by Crippen LogP contribution is 2.36. The summed E-state index contributed by atoms with van der Waals surface area (Å²) in [5.74, 6) is 0.988. The molecular weight excluding hydrogens is 257 g/mol. The molecule has 20 heavy (non-hydrogen) atoms. The van der Waals surface area contributed by atoms with Crippen molar-refractivity contribution < 1.29 is 13.9 Å². The lowest BCUT2D eigenvalue weighted by atomic mass is 9.97. The molecule has 0 saturated carbocycles. The van der Waals surface area contributed by atoms with Gasteiger partial charge in [0.2, 0.25) is 0 Å². The fourth-order valence-corrected chi connectivity index (χ4v) is 2.20. The molecule has 0 bridgehead atoms. The number of para-hydroxylation sites is 1. The lowest BCUT2D eigenvalue weighted by molar-refractivity contribution is 0.350. The maximum atomic E-state index is 13.3. The zero-order valence-corrected chi connectivity index (χ0v) is 11.8. The van der Waals surface area contributed by atoms with Gasteiger partial charge in [-0.25, -0.2) is 4.39 Å². The first-order valence-corrected chi connectivity index (χ1v) is 6.31. The van der Waals surface area contributed by atoms with Crippen LogP contribution in [0.5, 0.6) is 11.5 Å². The van der Waals surface area contributed by atoms with Crippen LogP contribution < -0.4 is 15.2 Å². The Balaban J connectivity index is 2.47. The number of methoxy groups -OCH3 is 2. The number of hydrogen-bond donors (Lipinski definition) is 1. The molecule has 0 radical (unpaired) electrons. The second-order valence-electron chi connectivity index (χ2n) is 4.57. The number of benzene rings is 2. The fourth-order valence-electron chi connectivity index (χ4n) is 2.20. The normalized spacial score (nSPS) is 12.1. The van der Waals surface area contributed by atoms with Crippen molar-refractivity contribution in [2.45, 2.75) is 13.0 Å². The van der Waals surface area contributed by atoms with Gasteiger partial charge in [0.1, 0.15) is 5.82 Å². The molecule has 0 aromatic heterocycles. The van der Waals surface area contributed by atoms with Gasteiger partial charge in [0, 0.05) is 5.56 Å². The number of ether oxygens (including phenoxy) is 2. The lowest BCUT2D eigenvalue weighted by Gasteiger charge is -2.18. The predicted octanol–water partition coefficient (Wildman–Crippen LogP) is 3.20. The van der Waals surface area contributed by atoms with Crippen molar-refractivity contribution in [2.24, 2.45) is 5.73 Å². The third-order valence-corrected chi connectivity index (χ3v) is 3.31. The van der Waals surface area contributed by atoms with Gasteiger partial charge in [-0.2, -0.15) is 0 Å². The topological polar surface area (TPSA) is 44.5 Å². The maximum Gasteiger partial charge on any atom is 0.165 e. The van der Waals surface area contributed by atoms with Gasteiger partial charge >= 0.3 is 0 Å².